The molecule has 0 saturated heterocycles. The first-order chi connectivity index (χ1) is 16.7. The van der Waals surface area contributed by atoms with E-state index in [4.69, 9.17) is 9.47 Å². The van der Waals surface area contributed by atoms with Crippen LogP contribution in [-0.4, -0.2) is 23.8 Å². The summed E-state index contributed by atoms with van der Waals surface area (Å²) in [5, 5.41) is 0. The minimum absolute atomic E-state index is 0.229. The minimum atomic E-state index is -0.631. The van der Waals surface area contributed by atoms with Crippen LogP contribution in [-0.2, 0) is 9.53 Å². The maximum absolute atomic E-state index is 13.8. The lowest BCUT2D eigenvalue weighted by Crippen LogP contribution is -2.39. The number of ether oxygens (including phenoxy) is 2. The number of fused-ring (bicyclic) bond motifs is 1. The lowest BCUT2D eigenvalue weighted by Gasteiger charge is -2.24. The van der Waals surface area contributed by atoms with E-state index in [0.29, 0.717) is 33.0 Å². The molecule has 0 bridgehead atoms. The van der Waals surface area contributed by atoms with Crippen LogP contribution in [0.2, 0.25) is 0 Å². The predicted octanol–water partition coefficient (Wildman–Crippen LogP) is 5.03. The number of hydrogen-bond donors (Lipinski definition) is 0. The molecule has 0 radical (unpaired) electrons. The Kier molecular flexibility index (Phi) is 7.78. The molecule has 1 atom stereocenters. The monoisotopic (exact) mass is 618 g/mol. The third kappa shape index (κ3) is 5.08. The van der Waals surface area contributed by atoms with Gasteiger partial charge in [0.25, 0.3) is 5.56 Å². The molecule has 0 aliphatic carbocycles. The molecule has 1 aromatic heterocycles. The summed E-state index contributed by atoms with van der Waals surface area (Å²) in [6.45, 7) is 8.16. The van der Waals surface area contributed by atoms with Gasteiger partial charge in [-0.3, -0.25) is 9.36 Å². The van der Waals surface area contributed by atoms with E-state index in [9.17, 15) is 9.59 Å². The van der Waals surface area contributed by atoms with E-state index < -0.39 is 12.0 Å². The van der Waals surface area contributed by atoms with Crippen molar-refractivity contribution in [3.63, 3.8) is 0 Å². The van der Waals surface area contributed by atoms with Gasteiger partial charge in [-0.2, -0.15) is 0 Å². The summed E-state index contributed by atoms with van der Waals surface area (Å²) in [7, 11) is 0. The SMILES string of the molecule is CCOC(=O)C1=C(C)N=c2s/c(=C\c3cc(Br)cc(Br)c3OCC)c(=O)n2[C@H]1c1ccc(C)cc1. The van der Waals surface area contributed by atoms with Gasteiger partial charge in [-0.15, -0.1) is 0 Å². The van der Waals surface area contributed by atoms with Crippen LogP contribution in [0.3, 0.4) is 0 Å². The van der Waals surface area contributed by atoms with Gasteiger partial charge in [0.15, 0.2) is 4.80 Å². The van der Waals surface area contributed by atoms with Crippen LogP contribution in [0.25, 0.3) is 6.08 Å². The van der Waals surface area contributed by atoms with E-state index >= 15 is 0 Å². The van der Waals surface area contributed by atoms with Crippen molar-refractivity contribution < 1.29 is 14.3 Å². The number of esters is 1. The first kappa shape index (κ1) is 25.6. The minimum Gasteiger partial charge on any atom is -0.492 e. The summed E-state index contributed by atoms with van der Waals surface area (Å²) in [6.07, 6.45) is 1.81. The molecule has 9 heteroatoms. The Morgan fingerprint density at radius 3 is 2.51 bits per heavy atom. The van der Waals surface area contributed by atoms with Crippen LogP contribution in [0.15, 0.2) is 66.4 Å². The molecule has 0 fully saturated rings. The van der Waals surface area contributed by atoms with Gasteiger partial charge >= 0.3 is 5.97 Å². The van der Waals surface area contributed by atoms with Gasteiger partial charge < -0.3 is 9.47 Å². The van der Waals surface area contributed by atoms with E-state index in [0.717, 1.165) is 25.6 Å². The molecular weight excluding hydrogens is 596 g/mol. The number of carbonyl (C=O) groups excluding carboxylic acids is 1. The van der Waals surface area contributed by atoms with Crippen LogP contribution in [0, 0.1) is 6.92 Å². The number of allylic oxidation sites excluding steroid dienone is 1. The quantitative estimate of drug-likeness (QED) is 0.363. The third-order valence-corrected chi connectivity index (χ3v) is 7.55. The number of benzene rings is 2. The predicted molar refractivity (Wildman–Crippen MR) is 145 cm³/mol. The normalized spacial score (nSPS) is 15.6. The molecule has 3 aromatic rings. The molecule has 2 heterocycles. The van der Waals surface area contributed by atoms with E-state index in [1.807, 2.05) is 50.2 Å². The van der Waals surface area contributed by atoms with Gasteiger partial charge in [-0.25, -0.2) is 9.79 Å². The molecule has 1 aliphatic rings. The highest BCUT2D eigenvalue weighted by Gasteiger charge is 2.33. The van der Waals surface area contributed by atoms with Gasteiger partial charge in [-0.05, 0) is 67.4 Å². The Labute approximate surface area is 223 Å². The van der Waals surface area contributed by atoms with Crippen molar-refractivity contribution in [1.82, 2.24) is 4.57 Å². The summed E-state index contributed by atoms with van der Waals surface area (Å²) in [5.74, 6) is 0.183. The molecule has 0 amide bonds. The molecule has 0 spiro atoms. The van der Waals surface area contributed by atoms with E-state index in [1.54, 1.807) is 24.5 Å². The number of halogens is 2. The number of aryl methyl sites for hydroxylation is 1. The van der Waals surface area contributed by atoms with E-state index in [1.165, 1.54) is 11.3 Å². The highest BCUT2D eigenvalue weighted by Crippen LogP contribution is 2.34. The molecule has 2 aromatic carbocycles. The van der Waals surface area contributed by atoms with Crippen molar-refractivity contribution in [3.8, 4) is 5.75 Å². The van der Waals surface area contributed by atoms with Crippen LogP contribution >= 0.6 is 43.2 Å². The Morgan fingerprint density at radius 1 is 1.14 bits per heavy atom. The number of nitrogens with zero attached hydrogens (tertiary/aromatic N) is 2. The molecule has 0 saturated carbocycles. The second-order valence-corrected chi connectivity index (χ2v) is 10.7. The van der Waals surface area contributed by atoms with E-state index in [2.05, 4.69) is 36.9 Å². The molecule has 1 aliphatic heterocycles. The second kappa shape index (κ2) is 10.6. The fraction of sp³-hybridized carbons (Fsp3) is 0.269. The largest absolute Gasteiger partial charge is 0.492 e. The summed E-state index contributed by atoms with van der Waals surface area (Å²) in [5.41, 5.74) is 3.35. The van der Waals surface area contributed by atoms with Crippen LogP contribution in [0.5, 0.6) is 5.75 Å². The maximum Gasteiger partial charge on any atom is 0.338 e. The summed E-state index contributed by atoms with van der Waals surface area (Å²) in [4.78, 5) is 31.9. The van der Waals surface area contributed by atoms with Crippen molar-refractivity contribution in [3.05, 3.63) is 93.0 Å². The summed E-state index contributed by atoms with van der Waals surface area (Å²) < 4.78 is 14.9. The lowest BCUT2D eigenvalue weighted by molar-refractivity contribution is -0.139. The van der Waals surface area contributed by atoms with Gasteiger partial charge in [-0.1, -0.05) is 57.1 Å². The average Bonchev–Trinajstić information content (AvgIpc) is 3.10. The van der Waals surface area contributed by atoms with Crippen molar-refractivity contribution in [2.24, 2.45) is 4.99 Å². The summed E-state index contributed by atoms with van der Waals surface area (Å²) >= 11 is 8.35. The fourth-order valence-corrected chi connectivity index (χ4v) is 6.39. The first-order valence-corrected chi connectivity index (χ1v) is 13.5. The first-order valence-electron chi connectivity index (χ1n) is 11.1. The molecule has 182 valence electrons. The number of aromatic nitrogens is 1. The Hall–Kier alpha value is -2.49. The molecule has 0 unspecified atom stereocenters. The highest BCUT2D eigenvalue weighted by molar-refractivity contribution is 9.11. The van der Waals surface area contributed by atoms with Crippen LogP contribution < -0.4 is 19.6 Å². The molecular formula is C26H24Br2N2O4S. The zero-order chi connectivity index (χ0) is 25.3. The Bertz CT molecular complexity index is 1500. The number of thiazole rings is 1. The Morgan fingerprint density at radius 2 is 1.86 bits per heavy atom. The van der Waals surface area contributed by atoms with Crippen LogP contribution in [0.1, 0.15) is 43.5 Å². The third-order valence-electron chi connectivity index (χ3n) is 5.52. The zero-order valence-corrected chi connectivity index (χ0v) is 23.7. The van der Waals surface area contributed by atoms with Crippen molar-refractivity contribution >= 4 is 55.2 Å². The molecule has 6 nitrogen and oxygen atoms in total. The highest BCUT2D eigenvalue weighted by atomic mass is 79.9. The number of carbonyl (C=O) groups is 1. The topological polar surface area (TPSA) is 69.9 Å². The van der Waals surface area contributed by atoms with Gasteiger partial charge in [0.2, 0.25) is 0 Å². The molecule has 4 rings (SSSR count). The second-order valence-electron chi connectivity index (χ2n) is 7.95. The maximum atomic E-state index is 13.8. The number of rotatable bonds is 6. The van der Waals surface area contributed by atoms with Crippen molar-refractivity contribution in [2.75, 3.05) is 13.2 Å². The number of hydrogen-bond acceptors (Lipinski definition) is 6. The average molecular weight is 620 g/mol. The standard InChI is InChI=1S/C26H24Br2N2O4S/c1-5-33-23-17(11-18(27)13-19(23)28)12-20-24(31)30-22(16-9-7-14(3)8-10-16)21(25(32)34-6-2)15(4)29-26(30)35-20/h7-13,22H,5-6H2,1-4H3/b20-12-/t22-/m0/s1. The molecule has 0 N–H and O–H groups in total. The molecule has 35 heavy (non-hydrogen) atoms. The Balaban J connectivity index is 1.97. The van der Waals surface area contributed by atoms with Crippen molar-refractivity contribution in [2.45, 2.75) is 33.7 Å². The summed E-state index contributed by atoms with van der Waals surface area (Å²) in [6, 6.07) is 11.0. The smallest absolute Gasteiger partial charge is 0.338 e. The van der Waals surface area contributed by atoms with Gasteiger partial charge in [0, 0.05) is 10.0 Å². The van der Waals surface area contributed by atoms with Gasteiger partial charge in [0.05, 0.1) is 39.5 Å². The fourth-order valence-electron chi connectivity index (χ4n) is 3.98. The van der Waals surface area contributed by atoms with Crippen LogP contribution in [0.4, 0.5) is 0 Å². The zero-order valence-electron chi connectivity index (χ0n) is 19.7. The van der Waals surface area contributed by atoms with Gasteiger partial charge in [0.1, 0.15) is 5.75 Å². The van der Waals surface area contributed by atoms with Crippen molar-refractivity contribution in [1.29, 1.82) is 0 Å². The van der Waals surface area contributed by atoms with E-state index in [-0.39, 0.29) is 12.2 Å². The lowest BCUT2D eigenvalue weighted by atomic mass is 9.95.